The first-order chi connectivity index (χ1) is 8.56. The van der Waals surface area contributed by atoms with E-state index >= 15 is 0 Å². The molecule has 0 radical (unpaired) electrons. The molecule has 1 atom stereocenters. The average Bonchev–Trinajstić information content (AvgIpc) is 2.74. The summed E-state index contributed by atoms with van der Waals surface area (Å²) >= 11 is 6.02. The fraction of sp³-hybridized carbons (Fsp3) is 0.500. The zero-order valence-corrected chi connectivity index (χ0v) is 11.5. The van der Waals surface area contributed by atoms with Crippen LogP contribution in [-0.4, -0.2) is 35.4 Å². The maximum absolute atomic E-state index is 12.2. The molecular formula is C14H18ClNO2. The minimum atomic E-state index is 0.0346. The lowest BCUT2D eigenvalue weighted by Gasteiger charge is -2.16. The number of hydrogen-bond acceptors (Lipinski definition) is 2. The number of carbonyl (C=O) groups excluding carboxylic acids is 1. The third kappa shape index (κ3) is 3.16. The molecule has 0 aromatic heterocycles. The largest absolute Gasteiger partial charge is 0.491 e. The Hall–Kier alpha value is -1.22. The fourth-order valence-corrected chi connectivity index (χ4v) is 2.32. The maximum atomic E-state index is 12.2. The molecule has 0 aliphatic carbocycles. The van der Waals surface area contributed by atoms with E-state index < -0.39 is 0 Å². The smallest absolute Gasteiger partial charge is 0.254 e. The van der Waals surface area contributed by atoms with Crippen molar-refractivity contribution >= 4 is 17.5 Å². The van der Waals surface area contributed by atoms with Crippen LogP contribution >= 0.6 is 11.6 Å². The summed E-state index contributed by atoms with van der Waals surface area (Å²) in [6.07, 6.45) is 0.976. The molecular weight excluding hydrogens is 250 g/mol. The maximum Gasteiger partial charge on any atom is 0.254 e. The van der Waals surface area contributed by atoms with E-state index in [1.807, 2.05) is 32.0 Å². The van der Waals surface area contributed by atoms with Gasteiger partial charge in [-0.1, -0.05) is 6.07 Å². The molecule has 1 aliphatic heterocycles. The van der Waals surface area contributed by atoms with Crippen LogP contribution < -0.4 is 4.74 Å². The van der Waals surface area contributed by atoms with Crippen molar-refractivity contribution in [3.8, 4) is 5.75 Å². The number of ether oxygens (including phenoxy) is 1. The molecule has 1 amide bonds. The van der Waals surface area contributed by atoms with Gasteiger partial charge in [-0.25, -0.2) is 0 Å². The molecule has 1 unspecified atom stereocenters. The van der Waals surface area contributed by atoms with Gasteiger partial charge in [0.05, 0.1) is 11.5 Å². The Morgan fingerprint density at radius 2 is 2.28 bits per heavy atom. The molecule has 3 nitrogen and oxygen atoms in total. The second-order valence-electron chi connectivity index (χ2n) is 4.83. The molecule has 1 heterocycles. The lowest BCUT2D eigenvalue weighted by atomic mass is 10.2. The number of alkyl halides is 1. The number of halogens is 1. The minimum absolute atomic E-state index is 0.0346. The van der Waals surface area contributed by atoms with Gasteiger partial charge in [0, 0.05) is 18.7 Å². The van der Waals surface area contributed by atoms with Crippen molar-refractivity contribution in [1.82, 2.24) is 4.90 Å². The minimum Gasteiger partial charge on any atom is -0.491 e. The topological polar surface area (TPSA) is 29.5 Å². The molecule has 1 saturated heterocycles. The van der Waals surface area contributed by atoms with Crippen molar-refractivity contribution in [2.75, 3.05) is 13.1 Å². The van der Waals surface area contributed by atoms with Crippen LogP contribution in [0.4, 0.5) is 0 Å². The molecule has 1 aromatic rings. The summed E-state index contributed by atoms with van der Waals surface area (Å²) in [5.74, 6) is 0.768. The van der Waals surface area contributed by atoms with E-state index in [1.165, 1.54) is 0 Å². The molecule has 98 valence electrons. The first-order valence-corrected chi connectivity index (χ1v) is 6.70. The summed E-state index contributed by atoms with van der Waals surface area (Å²) in [5, 5.41) is 0.0871. The van der Waals surface area contributed by atoms with Gasteiger partial charge in [-0.05, 0) is 38.5 Å². The Morgan fingerprint density at radius 1 is 1.50 bits per heavy atom. The Balaban J connectivity index is 2.10. The van der Waals surface area contributed by atoms with Crippen LogP contribution in [0.3, 0.4) is 0 Å². The predicted octanol–water partition coefficient (Wildman–Crippen LogP) is 2.93. The van der Waals surface area contributed by atoms with Crippen molar-refractivity contribution in [1.29, 1.82) is 0 Å². The third-order valence-electron chi connectivity index (χ3n) is 2.87. The second kappa shape index (κ2) is 5.61. The van der Waals surface area contributed by atoms with Crippen molar-refractivity contribution in [3.05, 3.63) is 29.8 Å². The quantitative estimate of drug-likeness (QED) is 0.788. The predicted molar refractivity (Wildman–Crippen MR) is 72.4 cm³/mol. The van der Waals surface area contributed by atoms with Crippen molar-refractivity contribution in [2.45, 2.75) is 31.7 Å². The summed E-state index contributed by atoms with van der Waals surface area (Å²) in [4.78, 5) is 14.0. The van der Waals surface area contributed by atoms with E-state index in [-0.39, 0.29) is 17.4 Å². The van der Waals surface area contributed by atoms with Gasteiger partial charge in [0.2, 0.25) is 0 Å². The van der Waals surface area contributed by atoms with Crippen LogP contribution in [0.1, 0.15) is 30.6 Å². The highest BCUT2D eigenvalue weighted by Gasteiger charge is 2.25. The number of carbonyl (C=O) groups is 1. The first-order valence-electron chi connectivity index (χ1n) is 6.26. The molecule has 0 bridgehead atoms. The summed E-state index contributed by atoms with van der Waals surface area (Å²) in [6, 6.07) is 7.32. The number of likely N-dealkylation sites (tertiary alicyclic amines) is 1. The zero-order chi connectivity index (χ0) is 13.1. The Labute approximate surface area is 113 Å². The molecule has 0 saturated carbocycles. The van der Waals surface area contributed by atoms with E-state index in [9.17, 15) is 4.79 Å². The van der Waals surface area contributed by atoms with Gasteiger partial charge >= 0.3 is 0 Å². The van der Waals surface area contributed by atoms with Crippen LogP contribution in [0.5, 0.6) is 5.75 Å². The highest BCUT2D eigenvalue weighted by atomic mass is 35.5. The molecule has 1 aliphatic rings. The number of hydrogen-bond donors (Lipinski definition) is 0. The highest BCUT2D eigenvalue weighted by molar-refractivity contribution is 6.21. The average molecular weight is 268 g/mol. The van der Waals surface area contributed by atoms with E-state index in [0.717, 1.165) is 18.7 Å². The van der Waals surface area contributed by atoms with Crippen LogP contribution in [0, 0.1) is 0 Å². The Morgan fingerprint density at radius 3 is 2.89 bits per heavy atom. The van der Waals surface area contributed by atoms with Crippen LogP contribution in [0.2, 0.25) is 0 Å². The number of rotatable bonds is 3. The molecule has 4 heteroatoms. The van der Waals surface area contributed by atoms with Gasteiger partial charge in [0.15, 0.2) is 0 Å². The molecule has 18 heavy (non-hydrogen) atoms. The Kier molecular flexibility index (Phi) is 4.12. The molecule has 1 fully saturated rings. The number of amides is 1. The Bertz CT molecular complexity index is 434. The first kappa shape index (κ1) is 13.2. The lowest BCUT2D eigenvalue weighted by Crippen LogP contribution is -2.28. The van der Waals surface area contributed by atoms with Crippen molar-refractivity contribution in [2.24, 2.45) is 0 Å². The van der Waals surface area contributed by atoms with Gasteiger partial charge in [-0.2, -0.15) is 0 Å². The monoisotopic (exact) mass is 267 g/mol. The van der Waals surface area contributed by atoms with Crippen LogP contribution in [0.25, 0.3) is 0 Å². The van der Waals surface area contributed by atoms with Gasteiger partial charge in [-0.3, -0.25) is 4.79 Å². The fourth-order valence-electron chi connectivity index (χ4n) is 2.06. The summed E-state index contributed by atoms with van der Waals surface area (Å²) in [6.45, 7) is 5.30. The summed E-state index contributed by atoms with van der Waals surface area (Å²) < 4.78 is 5.59. The van der Waals surface area contributed by atoms with Crippen LogP contribution in [0.15, 0.2) is 24.3 Å². The SMILES string of the molecule is CC(C)Oc1cccc(C(=O)N2CCC(Cl)C2)c1. The number of nitrogens with zero attached hydrogens (tertiary/aromatic N) is 1. The van der Waals surface area contributed by atoms with E-state index in [1.54, 1.807) is 11.0 Å². The normalized spacial score (nSPS) is 19.3. The number of benzene rings is 1. The lowest BCUT2D eigenvalue weighted by molar-refractivity contribution is 0.0792. The van der Waals surface area contributed by atoms with Crippen LogP contribution in [-0.2, 0) is 0 Å². The molecule has 2 rings (SSSR count). The van der Waals surface area contributed by atoms with Gasteiger partial charge < -0.3 is 9.64 Å². The van der Waals surface area contributed by atoms with Gasteiger partial charge in [0.1, 0.15) is 5.75 Å². The molecule has 1 aromatic carbocycles. The summed E-state index contributed by atoms with van der Waals surface area (Å²) in [5.41, 5.74) is 0.666. The second-order valence-corrected chi connectivity index (χ2v) is 5.45. The highest BCUT2D eigenvalue weighted by Crippen LogP contribution is 2.20. The standard InChI is InChI=1S/C14H18ClNO2/c1-10(2)18-13-5-3-4-11(8-13)14(17)16-7-6-12(15)9-16/h3-5,8,10,12H,6-7,9H2,1-2H3. The zero-order valence-electron chi connectivity index (χ0n) is 10.7. The van der Waals surface area contributed by atoms with E-state index in [2.05, 4.69) is 0 Å². The van der Waals surface area contributed by atoms with Crippen molar-refractivity contribution < 1.29 is 9.53 Å². The van der Waals surface area contributed by atoms with Gasteiger partial charge in [0.25, 0.3) is 5.91 Å². The molecule has 0 N–H and O–H groups in total. The summed E-state index contributed by atoms with van der Waals surface area (Å²) in [7, 11) is 0. The van der Waals surface area contributed by atoms with E-state index in [0.29, 0.717) is 12.1 Å². The van der Waals surface area contributed by atoms with E-state index in [4.69, 9.17) is 16.3 Å². The van der Waals surface area contributed by atoms with Crippen molar-refractivity contribution in [3.63, 3.8) is 0 Å². The molecule has 0 spiro atoms. The third-order valence-corrected chi connectivity index (χ3v) is 3.23. The van der Waals surface area contributed by atoms with Gasteiger partial charge in [-0.15, -0.1) is 11.6 Å².